The molecule has 2 aromatic carbocycles. The third-order valence-electron chi connectivity index (χ3n) is 4.99. The zero-order chi connectivity index (χ0) is 23.0. The lowest BCUT2D eigenvalue weighted by molar-refractivity contribution is -0.140. The van der Waals surface area contributed by atoms with E-state index in [1.54, 1.807) is 32.0 Å². The average Bonchev–Trinajstić information content (AvgIpc) is 2.69. The number of amides is 1. The molecule has 0 fully saturated rings. The first-order valence-electron chi connectivity index (χ1n) is 9.36. The van der Waals surface area contributed by atoms with Crippen molar-refractivity contribution in [3.8, 4) is 0 Å². The molecule has 0 saturated carbocycles. The van der Waals surface area contributed by atoms with Crippen molar-refractivity contribution < 1.29 is 27.5 Å². The van der Waals surface area contributed by atoms with Crippen LogP contribution in [0.1, 0.15) is 25.0 Å². The van der Waals surface area contributed by atoms with E-state index in [-0.39, 0.29) is 28.8 Å². The van der Waals surface area contributed by atoms with Gasteiger partial charge >= 0.3 is 6.18 Å². The second-order valence-electron chi connectivity index (χ2n) is 7.73. The summed E-state index contributed by atoms with van der Waals surface area (Å²) in [5.74, 6) is -2.22. The molecule has 0 bridgehead atoms. The molecule has 1 heterocycles. The number of pyridine rings is 1. The molecule has 0 aliphatic rings. The smallest absolute Gasteiger partial charge is 0.394 e. The Kier molecular flexibility index (Phi) is 5.91. The van der Waals surface area contributed by atoms with Crippen molar-refractivity contribution in [3.63, 3.8) is 0 Å². The molecule has 31 heavy (non-hydrogen) atoms. The van der Waals surface area contributed by atoms with Crippen LogP contribution >= 0.6 is 0 Å². The van der Waals surface area contributed by atoms with Gasteiger partial charge in [-0.25, -0.2) is 4.39 Å². The Bertz CT molecular complexity index is 1200. The predicted octanol–water partition coefficient (Wildman–Crippen LogP) is 4.07. The van der Waals surface area contributed by atoms with Gasteiger partial charge in [-0.2, -0.15) is 13.2 Å². The van der Waals surface area contributed by atoms with Gasteiger partial charge < -0.3 is 15.0 Å². The first kappa shape index (κ1) is 22.5. The second-order valence-corrected chi connectivity index (χ2v) is 7.73. The fourth-order valence-electron chi connectivity index (χ4n) is 3.24. The lowest BCUT2D eigenvalue weighted by Crippen LogP contribution is -2.38. The van der Waals surface area contributed by atoms with Gasteiger partial charge in [0.25, 0.3) is 5.56 Å². The normalized spacial score (nSPS) is 12.2. The second kappa shape index (κ2) is 8.14. The van der Waals surface area contributed by atoms with Crippen LogP contribution in [0.25, 0.3) is 10.8 Å². The molecule has 0 unspecified atom stereocenters. The van der Waals surface area contributed by atoms with Gasteiger partial charge in [-0.3, -0.25) is 9.59 Å². The van der Waals surface area contributed by atoms with Crippen LogP contribution in [0.4, 0.5) is 23.2 Å². The number of hydrogen-bond acceptors (Lipinski definition) is 3. The number of hydrogen-bond donors (Lipinski definition) is 2. The van der Waals surface area contributed by atoms with E-state index in [0.29, 0.717) is 11.5 Å². The van der Waals surface area contributed by atoms with Crippen molar-refractivity contribution >= 4 is 22.4 Å². The molecule has 0 aliphatic heterocycles. The number of nitrogens with one attached hydrogen (secondary N) is 1. The molecule has 164 valence electrons. The van der Waals surface area contributed by atoms with Crippen molar-refractivity contribution in [2.24, 2.45) is 0 Å². The van der Waals surface area contributed by atoms with Crippen LogP contribution in [0.2, 0.25) is 0 Å². The van der Waals surface area contributed by atoms with Crippen LogP contribution in [-0.4, -0.2) is 22.2 Å². The molecule has 1 amide bonds. The Balaban J connectivity index is 1.92. The maximum Gasteiger partial charge on any atom is 0.419 e. The monoisotopic (exact) mass is 436 g/mol. The summed E-state index contributed by atoms with van der Waals surface area (Å²) in [7, 11) is 0. The Morgan fingerprint density at radius 3 is 2.39 bits per heavy atom. The van der Waals surface area contributed by atoms with Gasteiger partial charge in [0.1, 0.15) is 5.82 Å². The highest BCUT2D eigenvalue weighted by Gasteiger charge is 2.35. The van der Waals surface area contributed by atoms with Gasteiger partial charge in [0.05, 0.1) is 24.1 Å². The summed E-state index contributed by atoms with van der Waals surface area (Å²) in [4.78, 5) is 25.2. The van der Waals surface area contributed by atoms with Crippen LogP contribution in [-0.2, 0) is 22.9 Å². The Labute approximate surface area is 174 Å². The van der Waals surface area contributed by atoms with E-state index in [1.807, 2.05) is 0 Å². The van der Waals surface area contributed by atoms with E-state index >= 15 is 0 Å². The van der Waals surface area contributed by atoms with Crippen LogP contribution in [0, 0.1) is 5.82 Å². The Morgan fingerprint density at radius 2 is 1.74 bits per heavy atom. The summed E-state index contributed by atoms with van der Waals surface area (Å²) < 4.78 is 54.2. The molecule has 0 radical (unpaired) electrons. The number of nitrogens with zero attached hydrogens (tertiary/aromatic N) is 1. The van der Waals surface area contributed by atoms with Crippen molar-refractivity contribution in [2.45, 2.75) is 32.0 Å². The highest BCUT2D eigenvalue weighted by atomic mass is 19.4. The van der Waals surface area contributed by atoms with Crippen LogP contribution in [0.5, 0.6) is 0 Å². The number of aromatic nitrogens is 1. The lowest BCUT2D eigenvalue weighted by Gasteiger charge is -2.25. The summed E-state index contributed by atoms with van der Waals surface area (Å²) in [6.07, 6.45) is -3.99. The fraction of sp³-hybridized carbons (Fsp3) is 0.273. The van der Waals surface area contributed by atoms with Gasteiger partial charge in [-0.05, 0) is 43.7 Å². The number of alkyl halides is 3. The molecule has 9 heteroatoms. The summed E-state index contributed by atoms with van der Waals surface area (Å²) in [5, 5.41) is 12.8. The zero-order valence-corrected chi connectivity index (χ0v) is 16.8. The van der Waals surface area contributed by atoms with E-state index < -0.39 is 35.4 Å². The van der Waals surface area contributed by atoms with Crippen molar-refractivity contribution in [2.75, 3.05) is 11.9 Å². The van der Waals surface area contributed by atoms with Gasteiger partial charge in [0, 0.05) is 22.7 Å². The van der Waals surface area contributed by atoms with Crippen LogP contribution in [0.3, 0.4) is 0 Å². The minimum absolute atomic E-state index is 0.265. The number of carbonyl (C=O) groups is 1. The SMILES string of the molecule is CC(C)(CO)n1ccc2c(NC(=O)Cc3cccc(C(F)(F)F)c3F)cccc2c1=O. The number of aliphatic hydroxyl groups excluding tert-OH is 1. The zero-order valence-electron chi connectivity index (χ0n) is 16.8. The number of fused-ring (bicyclic) bond motifs is 1. The predicted molar refractivity (Wildman–Crippen MR) is 108 cm³/mol. The number of halogens is 4. The third kappa shape index (κ3) is 4.46. The molecular weight excluding hydrogens is 416 g/mol. The van der Waals surface area contributed by atoms with Gasteiger partial charge in [0.15, 0.2) is 0 Å². The summed E-state index contributed by atoms with van der Waals surface area (Å²) >= 11 is 0. The molecule has 0 atom stereocenters. The lowest BCUT2D eigenvalue weighted by atomic mass is 10.0. The van der Waals surface area contributed by atoms with Crippen molar-refractivity contribution in [3.05, 3.63) is 76.0 Å². The average molecular weight is 436 g/mol. The van der Waals surface area contributed by atoms with Crippen LogP contribution in [0.15, 0.2) is 53.5 Å². The van der Waals surface area contributed by atoms with Crippen molar-refractivity contribution in [1.29, 1.82) is 0 Å². The number of carbonyl (C=O) groups excluding carboxylic acids is 1. The molecule has 1 aromatic heterocycles. The summed E-state index contributed by atoms with van der Waals surface area (Å²) in [6.45, 7) is 3.11. The highest BCUT2D eigenvalue weighted by molar-refractivity contribution is 6.02. The molecule has 2 N–H and O–H groups in total. The number of rotatable bonds is 5. The number of benzene rings is 2. The highest BCUT2D eigenvalue weighted by Crippen LogP contribution is 2.32. The quantitative estimate of drug-likeness (QED) is 0.593. The maximum absolute atomic E-state index is 14.2. The van der Waals surface area contributed by atoms with Gasteiger partial charge in [-0.15, -0.1) is 0 Å². The minimum Gasteiger partial charge on any atom is -0.394 e. The largest absolute Gasteiger partial charge is 0.419 e. The van der Waals surface area contributed by atoms with E-state index in [2.05, 4.69) is 5.32 Å². The molecule has 0 saturated heterocycles. The maximum atomic E-state index is 14.2. The molecule has 0 spiro atoms. The molecule has 5 nitrogen and oxygen atoms in total. The van der Waals surface area contributed by atoms with E-state index in [9.17, 15) is 32.3 Å². The topological polar surface area (TPSA) is 71.3 Å². The third-order valence-corrected chi connectivity index (χ3v) is 4.99. The Hall–Kier alpha value is -3.20. The molecule has 3 aromatic rings. The molecule has 3 rings (SSSR count). The molecule has 0 aliphatic carbocycles. The minimum atomic E-state index is -4.87. The van der Waals surface area contributed by atoms with E-state index in [1.165, 1.54) is 16.8 Å². The standard InChI is InChI=1S/C22H20F4N2O3/c1-21(2,12-29)28-10-9-14-15(20(28)31)6-4-8-17(14)27-18(30)11-13-5-3-7-16(19(13)23)22(24,25)26/h3-10,29H,11-12H2,1-2H3,(H,27,30). The van der Waals surface area contributed by atoms with Crippen LogP contribution < -0.4 is 10.9 Å². The first-order chi connectivity index (χ1) is 14.5. The van der Waals surface area contributed by atoms with Gasteiger partial charge in [0.2, 0.25) is 5.91 Å². The number of anilines is 1. The van der Waals surface area contributed by atoms with E-state index in [0.717, 1.165) is 12.1 Å². The van der Waals surface area contributed by atoms with Gasteiger partial charge in [-0.1, -0.05) is 18.2 Å². The number of aliphatic hydroxyl groups is 1. The van der Waals surface area contributed by atoms with E-state index in [4.69, 9.17) is 0 Å². The summed E-state index contributed by atoms with van der Waals surface area (Å²) in [5.41, 5.74) is -2.78. The molecular formula is C22H20F4N2O3. The fourth-order valence-corrected chi connectivity index (χ4v) is 3.24. The van der Waals surface area contributed by atoms with Crippen molar-refractivity contribution in [1.82, 2.24) is 4.57 Å². The summed E-state index contributed by atoms with van der Waals surface area (Å²) in [6, 6.07) is 8.99. The first-order valence-corrected chi connectivity index (χ1v) is 9.36. The Morgan fingerprint density at radius 1 is 1.06 bits per heavy atom.